The second kappa shape index (κ2) is 16.3. The van der Waals surface area contributed by atoms with Gasteiger partial charge in [0, 0.05) is 52.7 Å². The number of anilines is 2. The van der Waals surface area contributed by atoms with Gasteiger partial charge in [0.2, 0.25) is 0 Å². The number of pyridine rings is 1. The Hall–Kier alpha value is -5.01. The van der Waals surface area contributed by atoms with Crippen molar-refractivity contribution < 1.29 is 38.1 Å². The molecule has 13 heteroatoms. The summed E-state index contributed by atoms with van der Waals surface area (Å²) in [6, 6.07) is 15.3. The Balaban J connectivity index is 1.58. The van der Waals surface area contributed by atoms with Gasteiger partial charge in [-0.2, -0.15) is 0 Å². The van der Waals surface area contributed by atoms with Gasteiger partial charge in [-0.15, -0.1) is 0 Å². The molecule has 0 unspecified atom stereocenters. The standard InChI is InChI=1S/C33H39N5O8/c1-37(2)22-8-10-24-25-11-9-23(38(3)4)21-27(25)33(42)46-19-17-44-15-13-35-31(40)29-7-5-6-28(36-29)30(39)34-12-14-43-16-18-45-32(41)26(24)20-22/h5-11,20-21H,12-19H2,1-4H3,(H,34,39)(H,35,40). The summed E-state index contributed by atoms with van der Waals surface area (Å²) in [5.74, 6) is -2.09. The zero-order valence-corrected chi connectivity index (χ0v) is 26.5. The SMILES string of the molecule is CN(C)c1ccc2c(c1)C(=O)OCCOCCNC(=O)c1cccc(n1)C(=O)NCCOCCOC(=O)c1cc(N(C)C)ccc1-2. The first-order valence-corrected chi connectivity index (χ1v) is 14.8. The Morgan fingerprint density at radius 3 is 1.41 bits per heavy atom. The second-order valence-electron chi connectivity index (χ2n) is 10.7. The smallest absolute Gasteiger partial charge is 0.338 e. The molecule has 0 fully saturated rings. The summed E-state index contributed by atoms with van der Waals surface area (Å²) in [6.45, 7) is 0.795. The molecule has 2 N–H and O–H groups in total. The van der Waals surface area contributed by atoms with Crippen molar-refractivity contribution in [1.29, 1.82) is 0 Å². The number of nitrogens with one attached hydrogen (secondary N) is 2. The highest BCUT2D eigenvalue weighted by atomic mass is 16.6. The van der Waals surface area contributed by atoms with Crippen LogP contribution < -0.4 is 20.4 Å². The molecular weight excluding hydrogens is 594 g/mol. The monoisotopic (exact) mass is 633 g/mol. The largest absolute Gasteiger partial charge is 0.460 e. The van der Waals surface area contributed by atoms with E-state index in [1.807, 2.05) is 50.1 Å². The molecule has 2 aromatic carbocycles. The minimum Gasteiger partial charge on any atom is -0.460 e. The van der Waals surface area contributed by atoms with Crippen LogP contribution in [0.3, 0.4) is 0 Å². The molecule has 2 amide bonds. The first-order chi connectivity index (χ1) is 22.2. The molecule has 2 heterocycles. The van der Waals surface area contributed by atoms with E-state index >= 15 is 0 Å². The molecule has 0 saturated carbocycles. The summed E-state index contributed by atoms with van der Waals surface area (Å²) in [4.78, 5) is 59.7. The number of amides is 2. The molecule has 0 atom stereocenters. The third-order valence-electron chi connectivity index (χ3n) is 6.97. The molecule has 13 nitrogen and oxygen atoms in total. The number of benzene rings is 2. The van der Waals surface area contributed by atoms with Crippen molar-refractivity contribution >= 4 is 35.1 Å². The number of rotatable bonds is 2. The molecule has 1 aliphatic rings. The van der Waals surface area contributed by atoms with Crippen LogP contribution in [0.1, 0.15) is 41.7 Å². The van der Waals surface area contributed by atoms with Gasteiger partial charge in [-0.25, -0.2) is 14.6 Å². The second-order valence-corrected chi connectivity index (χ2v) is 10.7. The highest BCUT2D eigenvalue weighted by Gasteiger charge is 2.22. The van der Waals surface area contributed by atoms with E-state index in [9.17, 15) is 19.2 Å². The molecule has 46 heavy (non-hydrogen) atoms. The number of hydrogen-bond donors (Lipinski definition) is 2. The van der Waals surface area contributed by atoms with Crippen molar-refractivity contribution in [3.63, 3.8) is 0 Å². The number of fused-ring (bicyclic) bond motifs is 5. The molecule has 3 aromatic rings. The van der Waals surface area contributed by atoms with Crippen LogP contribution in [-0.4, -0.2) is 110 Å². The fourth-order valence-corrected chi connectivity index (χ4v) is 4.52. The number of cyclic esters (lactones) is 2. The summed E-state index contributed by atoms with van der Waals surface area (Å²) >= 11 is 0. The van der Waals surface area contributed by atoms with Crippen LogP contribution in [-0.2, 0) is 18.9 Å². The third kappa shape index (κ3) is 9.02. The van der Waals surface area contributed by atoms with Crippen molar-refractivity contribution in [3.05, 3.63) is 77.1 Å². The minimum atomic E-state index is -0.584. The van der Waals surface area contributed by atoms with Crippen LogP contribution in [0.4, 0.5) is 11.4 Å². The topological polar surface area (TPSA) is 149 Å². The predicted molar refractivity (Wildman–Crippen MR) is 172 cm³/mol. The maximum Gasteiger partial charge on any atom is 0.338 e. The Morgan fingerprint density at radius 1 is 0.565 bits per heavy atom. The van der Waals surface area contributed by atoms with Gasteiger partial charge in [-0.05, 0) is 47.5 Å². The van der Waals surface area contributed by atoms with Gasteiger partial charge in [-0.3, -0.25) is 9.59 Å². The fraction of sp³-hybridized carbons (Fsp3) is 0.364. The Morgan fingerprint density at radius 2 is 1.00 bits per heavy atom. The van der Waals surface area contributed by atoms with Crippen LogP contribution in [0, 0.1) is 0 Å². The molecule has 0 radical (unpaired) electrons. The Bertz CT molecular complexity index is 1450. The molecule has 2 bridgehead atoms. The van der Waals surface area contributed by atoms with E-state index in [1.165, 1.54) is 12.1 Å². The lowest BCUT2D eigenvalue weighted by Gasteiger charge is -2.20. The molecule has 1 aliphatic heterocycles. The summed E-state index contributed by atoms with van der Waals surface area (Å²) in [5.41, 5.74) is 3.27. The first-order valence-electron chi connectivity index (χ1n) is 14.8. The molecule has 0 saturated heterocycles. The van der Waals surface area contributed by atoms with Gasteiger partial charge in [0.05, 0.1) is 37.6 Å². The van der Waals surface area contributed by atoms with E-state index in [4.69, 9.17) is 18.9 Å². The van der Waals surface area contributed by atoms with E-state index in [0.29, 0.717) is 11.1 Å². The van der Waals surface area contributed by atoms with Crippen molar-refractivity contribution in [2.75, 3.05) is 90.7 Å². The number of esters is 2. The number of nitrogens with zero attached hydrogens (tertiary/aromatic N) is 3. The van der Waals surface area contributed by atoms with Crippen LogP contribution in [0.2, 0.25) is 0 Å². The van der Waals surface area contributed by atoms with Crippen LogP contribution in [0.5, 0.6) is 0 Å². The average molecular weight is 634 g/mol. The molecule has 4 rings (SSSR count). The van der Waals surface area contributed by atoms with Gasteiger partial charge in [0.15, 0.2) is 0 Å². The normalized spacial score (nSPS) is 15.8. The molecule has 1 aromatic heterocycles. The number of ether oxygens (including phenoxy) is 4. The quantitative estimate of drug-likeness (QED) is 0.401. The van der Waals surface area contributed by atoms with Gasteiger partial charge in [-0.1, -0.05) is 18.2 Å². The van der Waals surface area contributed by atoms with E-state index < -0.39 is 23.8 Å². The molecule has 244 valence electrons. The first kappa shape index (κ1) is 33.9. The summed E-state index contributed by atoms with van der Waals surface area (Å²) in [7, 11) is 7.44. The van der Waals surface area contributed by atoms with Crippen molar-refractivity contribution in [3.8, 4) is 11.1 Å². The van der Waals surface area contributed by atoms with Gasteiger partial charge >= 0.3 is 11.9 Å². The van der Waals surface area contributed by atoms with E-state index in [-0.39, 0.29) is 75.2 Å². The molecule has 0 aliphatic carbocycles. The molecule has 0 spiro atoms. The summed E-state index contributed by atoms with van der Waals surface area (Å²) in [5, 5.41) is 5.38. The number of hydrogen-bond acceptors (Lipinski definition) is 11. The predicted octanol–water partition coefficient (Wildman–Crippen LogP) is 2.40. The summed E-state index contributed by atoms with van der Waals surface area (Å²) < 4.78 is 22.2. The van der Waals surface area contributed by atoms with E-state index in [1.54, 1.807) is 30.3 Å². The fourth-order valence-electron chi connectivity index (χ4n) is 4.52. The Labute approximate surface area is 267 Å². The number of carbonyl (C=O) groups excluding carboxylic acids is 4. The summed E-state index contributed by atoms with van der Waals surface area (Å²) in [6.07, 6.45) is 0. The van der Waals surface area contributed by atoms with Crippen molar-refractivity contribution in [1.82, 2.24) is 15.6 Å². The minimum absolute atomic E-state index is 0.0361. The van der Waals surface area contributed by atoms with Gasteiger partial charge in [0.25, 0.3) is 11.8 Å². The highest BCUT2D eigenvalue weighted by molar-refractivity contribution is 6.04. The zero-order chi connectivity index (χ0) is 33.1. The lowest BCUT2D eigenvalue weighted by molar-refractivity contribution is 0.0314. The Kier molecular flexibility index (Phi) is 12.0. The van der Waals surface area contributed by atoms with Crippen molar-refractivity contribution in [2.24, 2.45) is 0 Å². The molecular formula is C33H39N5O8. The maximum atomic E-state index is 13.4. The zero-order valence-electron chi connectivity index (χ0n) is 26.5. The van der Waals surface area contributed by atoms with Crippen LogP contribution in [0.15, 0.2) is 54.6 Å². The lowest BCUT2D eigenvalue weighted by atomic mass is 9.94. The average Bonchev–Trinajstić information content (AvgIpc) is 3.06. The lowest BCUT2D eigenvalue weighted by Crippen LogP contribution is -2.31. The highest BCUT2D eigenvalue weighted by Crippen LogP contribution is 2.33. The maximum absolute atomic E-state index is 13.4. The number of carbonyl (C=O) groups is 4. The van der Waals surface area contributed by atoms with Crippen LogP contribution in [0.25, 0.3) is 11.1 Å². The third-order valence-corrected chi connectivity index (χ3v) is 6.97. The van der Waals surface area contributed by atoms with Gasteiger partial charge < -0.3 is 39.4 Å². The van der Waals surface area contributed by atoms with E-state index in [2.05, 4.69) is 15.6 Å². The number of aromatic nitrogens is 1. The van der Waals surface area contributed by atoms with Gasteiger partial charge in [0.1, 0.15) is 24.6 Å². The van der Waals surface area contributed by atoms with Crippen LogP contribution >= 0.6 is 0 Å². The van der Waals surface area contributed by atoms with Crippen molar-refractivity contribution in [2.45, 2.75) is 0 Å². The van der Waals surface area contributed by atoms with E-state index in [0.717, 1.165) is 11.4 Å².